The van der Waals surface area contributed by atoms with Gasteiger partial charge in [-0.2, -0.15) is 0 Å². The third-order valence-electron chi connectivity index (χ3n) is 2.94. The summed E-state index contributed by atoms with van der Waals surface area (Å²) in [5.41, 5.74) is 1.69. The van der Waals surface area contributed by atoms with Gasteiger partial charge in [-0.25, -0.2) is 9.37 Å². The average molecular weight is 248 g/mol. The minimum atomic E-state index is -0.625. The highest BCUT2D eigenvalue weighted by Gasteiger charge is 2.15. The van der Waals surface area contributed by atoms with E-state index in [0.717, 1.165) is 11.3 Å². The number of aliphatic hydroxyl groups is 1. The molecule has 0 saturated carbocycles. The van der Waals surface area contributed by atoms with E-state index in [9.17, 15) is 9.50 Å². The van der Waals surface area contributed by atoms with Crippen molar-refractivity contribution in [2.45, 2.75) is 32.4 Å². The van der Waals surface area contributed by atoms with Gasteiger partial charge in [0.1, 0.15) is 5.82 Å². The van der Waals surface area contributed by atoms with Crippen LogP contribution in [0.15, 0.2) is 36.8 Å². The molecule has 0 radical (unpaired) electrons. The molecule has 1 heterocycles. The maximum absolute atomic E-state index is 12.8. The van der Waals surface area contributed by atoms with Gasteiger partial charge in [0, 0.05) is 12.5 Å². The number of hydrogen-bond donors (Lipinski definition) is 1. The van der Waals surface area contributed by atoms with Crippen molar-refractivity contribution in [2.24, 2.45) is 0 Å². The van der Waals surface area contributed by atoms with Gasteiger partial charge in [0.15, 0.2) is 0 Å². The third kappa shape index (κ3) is 2.76. The van der Waals surface area contributed by atoms with E-state index in [1.165, 1.54) is 12.1 Å². The molecule has 1 N–H and O–H groups in total. The molecule has 0 fully saturated rings. The quantitative estimate of drug-likeness (QED) is 0.903. The zero-order chi connectivity index (χ0) is 13.1. The van der Waals surface area contributed by atoms with Crippen LogP contribution in [0.5, 0.6) is 0 Å². The maximum Gasteiger partial charge on any atom is 0.123 e. The number of aliphatic hydroxyl groups excluding tert-OH is 1. The minimum absolute atomic E-state index is 0.255. The Balaban J connectivity index is 2.14. The van der Waals surface area contributed by atoms with Gasteiger partial charge in [-0.3, -0.25) is 0 Å². The van der Waals surface area contributed by atoms with Crippen molar-refractivity contribution >= 4 is 0 Å². The summed E-state index contributed by atoms with van der Waals surface area (Å²) < 4.78 is 14.7. The van der Waals surface area contributed by atoms with Crippen molar-refractivity contribution in [3.05, 3.63) is 53.9 Å². The highest BCUT2D eigenvalue weighted by Crippen LogP contribution is 2.21. The van der Waals surface area contributed by atoms with Crippen LogP contribution in [-0.2, 0) is 6.42 Å². The molecule has 18 heavy (non-hydrogen) atoms. The van der Waals surface area contributed by atoms with Crippen LogP contribution in [-0.4, -0.2) is 14.7 Å². The molecular formula is C14H17FN2O. The number of imidazole rings is 1. The first kappa shape index (κ1) is 12.8. The van der Waals surface area contributed by atoms with Crippen LogP contribution in [0, 0.1) is 5.82 Å². The Bertz CT molecular complexity index is 505. The van der Waals surface area contributed by atoms with E-state index in [4.69, 9.17) is 0 Å². The molecule has 0 saturated heterocycles. The lowest BCUT2D eigenvalue weighted by atomic mass is 10.1. The summed E-state index contributed by atoms with van der Waals surface area (Å²) in [6.45, 7) is 4.07. The van der Waals surface area contributed by atoms with Crippen LogP contribution in [0.1, 0.15) is 37.3 Å². The fraction of sp³-hybridized carbons (Fsp3) is 0.357. The molecule has 1 aromatic carbocycles. The van der Waals surface area contributed by atoms with E-state index in [1.54, 1.807) is 24.7 Å². The molecule has 3 nitrogen and oxygen atoms in total. The van der Waals surface area contributed by atoms with Crippen molar-refractivity contribution in [3.8, 4) is 0 Å². The van der Waals surface area contributed by atoms with Crippen LogP contribution in [0.4, 0.5) is 4.39 Å². The SMILES string of the molecule is CC(C)n1cncc1C(O)Cc1ccc(F)cc1. The maximum atomic E-state index is 12.8. The topological polar surface area (TPSA) is 38.0 Å². The predicted octanol–water partition coefficient (Wildman–Crippen LogP) is 2.88. The van der Waals surface area contributed by atoms with Crippen molar-refractivity contribution in [3.63, 3.8) is 0 Å². The molecule has 1 aromatic heterocycles. The van der Waals surface area contributed by atoms with Crippen LogP contribution in [0.25, 0.3) is 0 Å². The number of rotatable bonds is 4. The van der Waals surface area contributed by atoms with E-state index in [0.29, 0.717) is 6.42 Å². The van der Waals surface area contributed by atoms with Gasteiger partial charge >= 0.3 is 0 Å². The molecule has 0 aliphatic carbocycles. The monoisotopic (exact) mass is 248 g/mol. The Hall–Kier alpha value is -1.68. The summed E-state index contributed by atoms with van der Waals surface area (Å²) in [4.78, 5) is 4.06. The van der Waals surface area contributed by atoms with Gasteiger partial charge in [0.05, 0.1) is 24.3 Å². The Kier molecular flexibility index (Phi) is 3.77. The van der Waals surface area contributed by atoms with Gasteiger partial charge in [0.25, 0.3) is 0 Å². The summed E-state index contributed by atoms with van der Waals surface area (Å²) in [5.74, 6) is -0.263. The molecule has 2 aromatic rings. The van der Waals surface area contributed by atoms with Crippen LogP contribution in [0.3, 0.4) is 0 Å². The predicted molar refractivity (Wildman–Crippen MR) is 67.7 cm³/mol. The second kappa shape index (κ2) is 5.31. The Morgan fingerprint density at radius 2 is 1.94 bits per heavy atom. The highest BCUT2D eigenvalue weighted by atomic mass is 19.1. The van der Waals surface area contributed by atoms with Crippen molar-refractivity contribution < 1.29 is 9.50 Å². The zero-order valence-corrected chi connectivity index (χ0v) is 10.5. The summed E-state index contributed by atoms with van der Waals surface area (Å²) in [7, 11) is 0. The molecule has 0 amide bonds. The molecule has 0 bridgehead atoms. The van der Waals surface area contributed by atoms with Crippen LogP contribution < -0.4 is 0 Å². The normalized spacial score (nSPS) is 12.9. The molecular weight excluding hydrogens is 231 g/mol. The lowest BCUT2D eigenvalue weighted by Gasteiger charge is -2.16. The van der Waals surface area contributed by atoms with Crippen LogP contribution >= 0.6 is 0 Å². The summed E-state index contributed by atoms with van der Waals surface area (Å²) in [6.07, 6.45) is 3.22. The molecule has 0 spiro atoms. The third-order valence-corrected chi connectivity index (χ3v) is 2.94. The standard InChI is InChI=1S/C14H17FN2O/c1-10(2)17-9-16-8-13(17)14(18)7-11-3-5-12(15)6-4-11/h3-6,8-10,14,18H,7H2,1-2H3. The number of aromatic nitrogens is 2. The average Bonchev–Trinajstić information content (AvgIpc) is 2.81. The largest absolute Gasteiger partial charge is 0.386 e. The molecule has 4 heteroatoms. The Labute approximate surface area is 106 Å². The molecule has 0 aliphatic rings. The lowest BCUT2D eigenvalue weighted by Crippen LogP contribution is -2.10. The van der Waals surface area contributed by atoms with Crippen molar-refractivity contribution in [1.82, 2.24) is 9.55 Å². The summed E-state index contributed by atoms with van der Waals surface area (Å²) in [6, 6.07) is 6.44. The van der Waals surface area contributed by atoms with Gasteiger partial charge < -0.3 is 9.67 Å². The first-order valence-corrected chi connectivity index (χ1v) is 6.02. The molecule has 2 rings (SSSR count). The van der Waals surface area contributed by atoms with E-state index in [-0.39, 0.29) is 11.9 Å². The zero-order valence-electron chi connectivity index (χ0n) is 10.5. The lowest BCUT2D eigenvalue weighted by molar-refractivity contribution is 0.167. The molecule has 96 valence electrons. The Morgan fingerprint density at radius 3 is 2.56 bits per heavy atom. The fourth-order valence-electron chi connectivity index (χ4n) is 1.95. The van der Waals surface area contributed by atoms with E-state index < -0.39 is 6.10 Å². The highest BCUT2D eigenvalue weighted by molar-refractivity contribution is 5.19. The minimum Gasteiger partial charge on any atom is -0.386 e. The molecule has 1 unspecified atom stereocenters. The van der Waals surface area contributed by atoms with Gasteiger partial charge in [-0.1, -0.05) is 12.1 Å². The van der Waals surface area contributed by atoms with E-state index >= 15 is 0 Å². The van der Waals surface area contributed by atoms with Crippen LogP contribution in [0.2, 0.25) is 0 Å². The van der Waals surface area contributed by atoms with Crippen molar-refractivity contribution in [2.75, 3.05) is 0 Å². The van der Waals surface area contributed by atoms with Gasteiger partial charge in [-0.05, 0) is 31.5 Å². The number of nitrogens with zero attached hydrogens (tertiary/aromatic N) is 2. The smallest absolute Gasteiger partial charge is 0.123 e. The first-order chi connectivity index (χ1) is 8.58. The van der Waals surface area contributed by atoms with Gasteiger partial charge in [-0.15, -0.1) is 0 Å². The number of halogens is 1. The van der Waals surface area contributed by atoms with Crippen molar-refractivity contribution in [1.29, 1.82) is 0 Å². The summed E-state index contributed by atoms with van der Waals surface area (Å²) in [5, 5.41) is 10.2. The number of benzene rings is 1. The second-order valence-corrected chi connectivity index (χ2v) is 4.67. The Morgan fingerprint density at radius 1 is 1.28 bits per heavy atom. The van der Waals surface area contributed by atoms with E-state index in [2.05, 4.69) is 4.98 Å². The fourth-order valence-corrected chi connectivity index (χ4v) is 1.95. The first-order valence-electron chi connectivity index (χ1n) is 6.02. The van der Waals surface area contributed by atoms with E-state index in [1.807, 2.05) is 18.4 Å². The number of hydrogen-bond acceptors (Lipinski definition) is 2. The second-order valence-electron chi connectivity index (χ2n) is 4.67. The van der Waals surface area contributed by atoms with Gasteiger partial charge in [0.2, 0.25) is 0 Å². The summed E-state index contributed by atoms with van der Waals surface area (Å²) >= 11 is 0. The molecule has 1 atom stereocenters. The molecule has 0 aliphatic heterocycles.